The van der Waals surface area contributed by atoms with Gasteiger partial charge in [0.05, 0.1) is 11.1 Å². The number of fused-ring (bicyclic) bond motifs is 3. The molecule has 2 heterocycles. The topological polar surface area (TPSA) is 66.9 Å². The predicted molar refractivity (Wildman–Crippen MR) is 138 cm³/mol. The van der Waals surface area contributed by atoms with Gasteiger partial charge in [-0.2, -0.15) is 0 Å². The second-order valence-corrected chi connectivity index (χ2v) is 8.99. The molecule has 0 unspecified atom stereocenters. The fraction of sp³-hybridized carbons (Fsp3) is 0.172. The number of carbonyl (C=O) groups is 1. The number of nitrogens with one attached hydrogen (secondary N) is 2. The second-order valence-electron chi connectivity index (χ2n) is 8.99. The van der Waals surface area contributed by atoms with Gasteiger partial charge >= 0.3 is 0 Å². The van der Waals surface area contributed by atoms with Crippen molar-refractivity contribution in [2.45, 2.75) is 26.9 Å². The number of carbonyl (C=O) groups excluding carboxylic acids is 1. The summed E-state index contributed by atoms with van der Waals surface area (Å²) in [5, 5.41) is 4.76. The first-order valence-corrected chi connectivity index (χ1v) is 11.6. The molecule has 34 heavy (non-hydrogen) atoms. The maximum atomic E-state index is 14.0. The number of H-pyrrole nitrogens is 1. The van der Waals surface area contributed by atoms with E-state index in [0.717, 1.165) is 27.4 Å². The standard InChI is InChI=1S/C29H27N3O2/c1-19(2)18-32-27(28(33)30-17-20-11-5-3-6-12-20)25-22-15-9-10-16-23(22)31-26(25)24(29(32)34)21-13-7-4-8-14-21/h3-16,19,31H,17-18H2,1-2H3,(H,30,33). The number of nitrogens with zero attached hydrogens (tertiary/aromatic N) is 1. The van der Waals surface area contributed by atoms with Crippen LogP contribution in [0.3, 0.4) is 0 Å². The van der Waals surface area contributed by atoms with Crippen molar-refractivity contribution in [1.29, 1.82) is 0 Å². The Morgan fingerprint density at radius 1 is 0.912 bits per heavy atom. The van der Waals surface area contributed by atoms with E-state index in [1.165, 1.54) is 0 Å². The van der Waals surface area contributed by atoms with Gasteiger partial charge in [-0.05, 0) is 23.1 Å². The smallest absolute Gasteiger partial charge is 0.269 e. The summed E-state index contributed by atoms with van der Waals surface area (Å²) in [7, 11) is 0. The summed E-state index contributed by atoms with van der Waals surface area (Å²) in [6, 6.07) is 27.4. The number of pyridine rings is 1. The van der Waals surface area contributed by atoms with Crippen molar-refractivity contribution in [2.75, 3.05) is 0 Å². The van der Waals surface area contributed by atoms with E-state index in [0.29, 0.717) is 29.9 Å². The van der Waals surface area contributed by atoms with Gasteiger partial charge in [0, 0.05) is 29.4 Å². The molecule has 2 aromatic heterocycles. The molecular weight excluding hydrogens is 422 g/mol. The Labute approximate surface area is 198 Å². The highest BCUT2D eigenvalue weighted by molar-refractivity contribution is 6.19. The van der Waals surface area contributed by atoms with Gasteiger partial charge < -0.3 is 14.9 Å². The molecule has 0 aliphatic rings. The average Bonchev–Trinajstić information content (AvgIpc) is 3.22. The molecule has 2 N–H and O–H groups in total. The number of para-hydroxylation sites is 1. The zero-order valence-electron chi connectivity index (χ0n) is 19.3. The van der Waals surface area contributed by atoms with E-state index in [9.17, 15) is 9.59 Å². The van der Waals surface area contributed by atoms with Crippen LogP contribution in [-0.2, 0) is 13.1 Å². The summed E-state index contributed by atoms with van der Waals surface area (Å²) in [6.45, 7) is 4.95. The average molecular weight is 450 g/mol. The van der Waals surface area contributed by atoms with Crippen LogP contribution < -0.4 is 10.9 Å². The van der Waals surface area contributed by atoms with Crippen LogP contribution in [0.25, 0.3) is 32.9 Å². The second kappa shape index (κ2) is 9.02. The molecule has 0 bridgehead atoms. The van der Waals surface area contributed by atoms with Crippen LogP contribution in [-0.4, -0.2) is 15.5 Å². The Bertz CT molecular complexity index is 1530. The molecule has 5 aromatic rings. The molecule has 0 saturated carbocycles. The molecule has 0 spiro atoms. The minimum atomic E-state index is -0.254. The molecule has 5 heteroatoms. The van der Waals surface area contributed by atoms with E-state index in [1.807, 2.05) is 84.9 Å². The normalized spacial score (nSPS) is 11.4. The quantitative estimate of drug-likeness (QED) is 0.347. The summed E-state index contributed by atoms with van der Waals surface area (Å²) in [5.74, 6) is -0.0689. The van der Waals surface area contributed by atoms with E-state index in [4.69, 9.17) is 0 Å². The van der Waals surface area contributed by atoms with Crippen molar-refractivity contribution in [3.63, 3.8) is 0 Å². The summed E-state index contributed by atoms with van der Waals surface area (Å²) >= 11 is 0. The maximum absolute atomic E-state index is 14.0. The van der Waals surface area contributed by atoms with Crippen molar-refractivity contribution in [3.05, 3.63) is 107 Å². The molecule has 0 saturated heterocycles. The lowest BCUT2D eigenvalue weighted by Gasteiger charge is -2.18. The fourth-order valence-corrected chi connectivity index (χ4v) is 4.56. The van der Waals surface area contributed by atoms with Gasteiger partial charge in [0.1, 0.15) is 5.69 Å². The summed E-state index contributed by atoms with van der Waals surface area (Å²) in [4.78, 5) is 31.1. The lowest BCUT2D eigenvalue weighted by atomic mass is 10.0. The van der Waals surface area contributed by atoms with Crippen molar-refractivity contribution in [1.82, 2.24) is 14.9 Å². The number of hydrogen-bond donors (Lipinski definition) is 2. The zero-order chi connectivity index (χ0) is 23.7. The fourth-order valence-electron chi connectivity index (χ4n) is 4.56. The highest BCUT2D eigenvalue weighted by atomic mass is 16.2. The third-order valence-corrected chi connectivity index (χ3v) is 6.04. The Kier molecular flexibility index (Phi) is 5.76. The van der Waals surface area contributed by atoms with Crippen molar-refractivity contribution in [2.24, 2.45) is 5.92 Å². The van der Waals surface area contributed by atoms with Crippen LogP contribution in [0.2, 0.25) is 0 Å². The van der Waals surface area contributed by atoms with Crippen LogP contribution in [0.15, 0.2) is 89.7 Å². The summed E-state index contributed by atoms with van der Waals surface area (Å²) in [6.07, 6.45) is 0. The Morgan fingerprint density at radius 2 is 1.56 bits per heavy atom. The first-order valence-electron chi connectivity index (χ1n) is 11.6. The maximum Gasteiger partial charge on any atom is 0.269 e. The molecular formula is C29H27N3O2. The number of aromatic nitrogens is 2. The molecule has 0 radical (unpaired) electrons. The number of aromatic amines is 1. The van der Waals surface area contributed by atoms with E-state index < -0.39 is 0 Å². The molecule has 5 rings (SSSR count). The Morgan fingerprint density at radius 3 is 2.26 bits per heavy atom. The lowest BCUT2D eigenvalue weighted by Crippen LogP contribution is -2.34. The predicted octanol–water partition coefficient (Wildman–Crippen LogP) is 5.74. The minimum absolute atomic E-state index is 0.163. The largest absolute Gasteiger partial charge is 0.354 e. The SMILES string of the molecule is CC(C)Cn1c(C(=O)NCc2ccccc2)c2c([nH]c3ccccc32)c(-c2ccccc2)c1=O. The number of rotatable bonds is 6. The minimum Gasteiger partial charge on any atom is -0.354 e. The van der Waals surface area contributed by atoms with E-state index >= 15 is 0 Å². The summed E-state index contributed by atoms with van der Waals surface area (Å²) in [5.41, 5.74) is 4.26. The van der Waals surface area contributed by atoms with Gasteiger partial charge in [0.15, 0.2) is 0 Å². The molecule has 5 nitrogen and oxygen atoms in total. The number of hydrogen-bond acceptors (Lipinski definition) is 2. The van der Waals surface area contributed by atoms with Crippen LogP contribution in [0, 0.1) is 5.92 Å². The number of benzene rings is 3. The first kappa shape index (κ1) is 21.7. The van der Waals surface area contributed by atoms with Crippen LogP contribution >= 0.6 is 0 Å². The van der Waals surface area contributed by atoms with Gasteiger partial charge in [-0.1, -0.05) is 92.7 Å². The van der Waals surface area contributed by atoms with Crippen molar-refractivity contribution >= 4 is 27.7 Å². The molecule has 170 valence electrons. The summed E-state index contributed by atoms with van der Waals surface area (Å²) < 4.78 is 1.66. The third-order valence-electron chi connectivity index (χ3n) is 6.04. The molecule has 1 amide bonds. The van der Waals surface area contributed by atoms with E-state index in [2.05, 4.69) is 24.1 Å². The molecule has 0 aliphatic carbocycles. The van der Waals surface area contributed by atoms with Crippen LogP contribution in [0.5, 0.6) is 0 Å². The van der Waals surface area contributed by atoms with Gasteiger partial charge in [-0.3, -0.25) is 9.59 Å². The highest BCUT2D eigenvalue weighted by Crippen LogP contribution is 2.33. The molecule has 0 atom stereocenters. The van der Waals surface area contributed by atoms with Gasteiger partial charge in [-0.15, -0.1) is 0 Å². The molecule has 3 aromatic carbocycles. The van der Waals surface area contributed by atoms with Gasteiger partial charge in [0.2, 0.25) is 0 Å². The monoisotopic (exact) mass is 449 g/mol. The van der Waals surface area contributed by atoms with Crippen LogP contribution in [0.1, 0.15) is 29.9 Å². The van der Waals surface area contributed by atoms with Gasteiger partial charge in [-0.25, -0.2) is 0 Å². The first-order chi connectivity index (χ1) is 16.5. The van der Waals surface area contributed by atoms with E-state index in [1.54, 1.807) is 4.57 Å². The number of amides is 1. The van der Waals surface area contributed by atoms with Gasteiger partial charge in [0.25, 0.3) is 11.5 Å². The third kappa shape index (κ3) is 3.90. The van der Waals surface area contributed by atoms with Crippen molar-refractivity contribution in [3.8, 4) is 11.1 Å². The lowest BCUT2D eigenvalue weighted by molar-refractivity contribution is 0.0941. The molecule has 0 fully saturated rings. The van der Waals surface area contributed by atoms with E-state index in [-0.39, 0.29) is 17.4 Å². The van der Waals surface area contributed by atoms with Crippen molar-refractivity contribution < 1.29 is 4.79 Å². The molecule has 0 aliphatic heterocycles. The Hall–Kier alpha value is -4.12. The van der Waals surface area contributed by atoms with Crippen LogP contribution in [0.4, 0.5) is 0 Å². The highest BCUT2D eigenvalue weighted by Gasteiger charge is 2.25. The zero-order valence-corrected chi connectivity index (χ0v) is 19.3. The Balaban J connectivity index is 1.79.